The van der Waals surface area contributed by atoms with Gasteiger partial charge in [-0.05, 0) is 54.6 Å². The SMILES string of the molecule is COC(=O)c1ccc(Nc2nccc(Nc3ccc(Cl)cc3)n2)cc1. The number of carbonyl (C=O) groups is 1. The van der Waals surface area contributed by atoms with Crippen LogP contribution in [0.1, 0.15) is 10.4 Å². The molecule has 1 heterocycles. The van der Waals surface area contributed by atoms with Gasteiger partial charge in [0.1, 0.15) is 5.82 Å². The van der Waals surface area contributed by atoms with Crippen molar-refractivity contribution in [3.05, 3.63) is 71.4 Å². The molecule has 126 valence electrons. The number of ether oxygens (including phenoxy) is 1. The first-order valence-electron chi connectivity index (χ1n) is 7.45. The summed E-state index contributed by atoms with van der Waals surface area (Å²) in [6.45, 7) is 0. The Morgan fingerprint density at radius 1 is 0.960 bits per heavy atom. The van der Waals surface area contributed by atoms with E-state index in [0.717, 1.165) is 11.4 Å². The lowest BCUT2D eigenvalue weighted by Gasteiger charge is -2.09. The third kappa shape index (κ3) is 4.45. The van der Waals surface area contributed by atoms with E-state index in [9.17, 15) is 4.79 Å². The van der Waals surface area contributed by atoms with Gasteiger partial charge in [-0.15, -0.1) is 0 Å². The molecule has 0 amide bonds. The summed E-state index contributed by atoms with van der Waals surface area (Å²) in [6.07, 6.45) is 1.65. The van der Waals surface area contributed by atoms with Crippen molar-refractivity contribution in [1.29, 1.82) is 0 Å². The van der Waals surface area contributed by atoms with E-state index in [0.29, 0.717) is 22.4 Å². The van der Waals surface area contributed by atoms with Gasteiger partial charge in [-0.2, -0.15) is 4.98 Å². The van der Waals surface area contributed by atoms with Gasteiger partial charge in [-0.3, -0.25) is 0 Å². The summed E-state index contributed by atoms with van der Waals surface area (Å²) >= 11 is 5.88. The molecule has 6 nitrogen and oxygen atoms in total. The van der Waals surface area contributed by atoms with Crippen LogP contribution in [0.4, 0.5) is 23.1 Å². The van der Waals surface area contributed by atoms with Gasteiger partial charge >= 0.3 is 5.97 Å². The number of nitrogens with one attached hydrogen (secondary N) is 2. The Morgan fingerprint density at radius 2 is 1.60 bits per heavy atom. The summed E-state index contributed by atoms with van der Waals surface area (Å²) in [6, 6.07) is 15.9. The standard InChI is InChI=1S/C18H15ClN4O2/c1-25-17(24)12-2-6-15(7-3-12)22-18-20-11-10-16(23-18)21-14-8-4-13(19)5-9-14/h2-11H,1H3,(H2,20,21,22,23). The molecule has 0 aliphatic heterocycles. The second-order valence-corrected chi connectivity index (χ2v) is 5.53. The molecular formula is C18H15ClN4O2. The second kappa shape index (κ2) is 7.63. The van der Waals surface area contributed by atoms with Gasteiger partial charge in [0, 0.05) is 22.6 Å². The first kappa shape index (κ1) is 16.7. The monoisotopic (exact) mass is 354 g/mol. The number of aromatic nitrogens is 2. The molecule has 25 heavy (non-hydrogen) atoms. The fraction of sp³-hybridized carbons (Fsp3) is 0.0556. The fourth-order valence-electron chi connectivity index (χ4n) is 2.11. The fourth-order valence-corrected chi connectivity index (χ4v) is 2.23. The molecule has 2 N–H and O–H groups in total. The molecule has 0 aliphatic carbocycles. The van der Waals surface area contributed by atoms with Crippen molar-refractivity contribution < 1.29 is 9.53 Å². The maximum absolute atomic E-state index is 11.4. The number of esters is 1. The number of methoxy groups -OCH3 is 1. The van der Waals surface area contributed by atoms with Crippen LogP contribution in [0.5, 0.6) is 0 Å². The third-order valence-electron chi connectivity index (χ3n) is 3.33. The van der Waals surface area contributed by atoms with Crippen molar-refractivity contribution >= 4 is 40.7 Å². The van der Waals surface area contributed by atoms with Crippen molar-refractivity contribution in [2.75, 3.05) is 17.7 Å². The molecule has 7 heteroatoms. The van der Waals surface area contributed by atoms with Gasteiger partial charge in [0.2, 0.25) is 5.95 Å². The topological polar surface area (TPSA) is 76.1 Å². The normalized spacial score (nSPS) is 10.2. The minimum absolute atomic E-state index is 0.378. The number of halogens is 1. The Morgan fingerprint density at radius 3 is 2.28 bits per heavy atom. The quantitative estimate of drug-likeness (QED) is 0.661. The zero-order valence-corrected chi connectivity index (χ0v) is 14.1. The first-order valence-corrected chi connectivity index (χ1v) is 7.83. The third-order valence-corrected chi connectivity index (χ3v) is 3.59. The van der Waals surface area contributed by atoms with E-state index in [4.69, 9.17) is 11.6 Å². The van der Waals surface area contributed by atoms with E-state index >= 15 is 0 Å². The van der Waals surface area contributed by atoms with Crippen LogP contribution in [0, 0.1) is 0 Å². The Hall–Kier alpha value is -3.12. The van der Waals surface area contributed by atoms with E-state index in [1.165, 1.54) is 7.11 Å². The summed E-state index contributed by atoms with van der Waals surface area (Å²) in [4.78, 5) is 20.0. The number of hydrogen-bond acceptors (Lipinski definition) is 6. The molecule has 0 saturated heterocycles. The molecular weight excluding hydrogens is 340 g/mol. The molecule has 0 aliphatic rings. The van der Waals surface area contributed by atoms with Crippen LogP contribution in [-0.2, 0) is 4.74 Å². The van der Waals surface area contributed by atoms with Gasteiger partial charge in [0.05, 0.1) is 12.7 Å². The minimum Gasteiger partial charge on any atom is -0.465 e. The largest absolute Gasteiger partial charge is 0.465 e. The highest BCUT2D eigenvalue weighted by Gasteiger charge is 2.05. The Kier molecular flexibility index (Phi) is 5.11. The number of carbonyl (C=O) groups excluding carboxylic acids is 1. The lowest BCUT2D eigenvalue weighted by Crippen LogP contribution is -2.02. The van der Waals surface area contributed by atoms with Crippen LogP contribution >= 0.6 is 11.6 Å². The van der Waals surface area contributed by atoms with Gasteiger partial charge in [0.25, 0.3) is 0 Å². The maximum Gasteiger partial charge on any atom is 0.337 e. The molecule has 0 bridgehead atoms. The zero-order chi connectivity index (χ0) is 17.6. The van der Waals surface area contributed by atoms with E-state index in [-0.39, 0.29) is 5.97 Å². The molecule has 0 radical (unpaired) electrons. The lowest BCUT2D eigenvalue weighted by atomic mass is 10.2. The van der Waals surface area contributed by atoms with E-state index in [1.54, 1.807) is 48.7 Å². The summed E-state index contributed by atoms with van der Waals surface area (Å²) < 4.78 is 4.67. The highest BCUT2D eigenvalue weighted by molar-refractivity contribution is 6.30. The van der Waals surface area contributed by atoms with E-state index in [1.807, 2.05) is 12.1 Å². The van der Waals surface area contributed by atoms with Crippen molar-refractivity contribution in [1.82, 2.24) is 9.97 Å². The molecule has 0 saturated carbocycles. The Balaban J connectivity index is 1.71. The molecule has 3 aromatic rings. The number of hydrogen-bond donors (Lipinski definition) is 2. The summed E-state index contributed by atoms with van der Waals surface area (Å²) in [5.41, 5.74) is 2.11. The van der Waals surface area contributed by atoms with Crippen LogP contribution in [0.3, 0.4) is 0 Å². The Bertz CT molecular complexity index is 867. The molecule has 0 atom stereocenters. The van der Waals surface area contributed by atoms with Crippen molar-refractivity contribution in [3.8, 4) is 0 Å². The second-order valence-electron chi connectivity index (χ2n) is 5.09. The van der Waals surface area contributed by atoms with Crippen molar-refractivity contribution in [2.45, 2.75) is 0 Å². The average Bonchev–Trinajstić information content (AvgIpc) is 2.64. The summed E-state index contributed by atoms with van der Waals surface area (Å²) in [5.74, 6) is 0.702. The van der Waals surface area contributed by atoms with Gasteiger partial charge < -0.3 is 15.4 Å². The molecule has 1 aromatic heterocycles. The number of nitrogens with zero attached hydrogens (tertiary/aromatic N) is 2. The molecule has 3 rings (SSSR count). The summed E-state index contributed by atoms with van der Waals surface area (Å²) in [7, 11) is 1.35. The minimum atomic E-state index is -0.378. The zero-order valence-electron chi connectivity index (χ0n) is 13.4. The predicted octanol–water partition coefficient (Wildman–Crippen LogP) is 4.40. The van der Waals surface area contributed by atoms with Gasteiger partial charge in [-0.1, -0.05) is 11.6 Å². The molecule has 0 spiro atoms. The number of rotatable bonds is 5. The highest BCUT2D eigenvalue weighted by atomic mass is 35.5. The molecule has 0 fully saturated rings. The highest BCUT2D eigenvalue weighted by Crippen LogP contribution is 2.19. The first-order chi connectivity index (χ1) is 12.1. The van der Waals surface area contributed by atoms with E-state index < -0.39 is 0 Å². The van der Waals surface area contributed by atoms with Crippen LogP contribution < -0.4 is 10.6 Å². The van der Waals surface area contributed by atoms with Crippen molar-refractivity contribution in [2.24, 2.45) is 0 Å². The van der Waals surface area contributed by atoms with Crippen molar-refractivity contribution in [3.63, 3.8) is 0 Å². The maximum atomic E-state index is 11.4. The number of anilines is 4. The Labute approximate surface area is 149 Å². The number of benzene rings is 2. The van der Waals surface area contributed by atoms with Crippen LogP contribution in [0.25, 0.3) is 0 Å². The predicted molar refractivity (Wildman–Crippen MR) is 97.8 cm³/mol. The average molecular weight is 355 g/mol. The molecule has 0 unspecified atom stereocenters. The molecule has 2 aromatic carbocycles. The van der Waals surface area contributed by atoms with Crippen LogP contribution in [-0.4, -0.2) is 23.0 Å². The van der Waals surface area contributed by atoms with Gasteiger partial charge in [0.15, 0.2) is 0 Å². The van der Waals surface area contributed by atoms with Crippen LogP contribution in [0.2, 0.25) is 5.02 Å². The van der Waals surface area contributed by atoms with Crippen LogP contribution in [0.15, 0.2) is 60.8 Å². The lowest BCUT2D eigenvalue weighted by molar-refractivity contribution is 0.0601. The van der Waals surface area contributed by atoms with E-state index in [2.05, 4.69) is 25.3 Å². The summed E-state index contributed by atoms with van der Waals surface area (Å²) in [5, 5.41) is 6.94. The smallest absolute Gasteiger partial charge is 0.337 e. The van der Waals surface area contributed by atoms with Gasteiger partial charge in [-0.25, -0.2) is 9.78 Å².